The monoisotopic (exact) mass is 310 g/mol. The van der Waals surface area contributed by atoms with Crippen LogP contribution in [0.2, 0.25) is 0 Å². The van der Waals surface area contributed by atoms with Crippen molar-refractivity contribution in [3.63, 3.8) is 0 Å². The summed E-state index contributed by atoms with van der Waals surface area (Å²) in [6, 6.07) is -0.276. The van der Waals surface area contributed by atoms with Gasteiger partial charge in [0.15, 0.2) is 5.13 Å². The molecular weight excluding hydrogens is 288 g/mol. The molecule has 1 saturated carbocycles. The summed E-state index contributed by atoms with van der Waals surface area (Å²) in [5, 5.41) is 15.6. The number of carbonyl (C=O) groups excluding carboxylic acids is 1. The number of nitrogens with two attached hydrogens (primary N) is 1. The molecule has 7 heteroatoms. The largest absolute Gasteiger partial charge is 0.391 e. The Morgan fingerprint density at radius 3 is 2.90 bits per heavy atom. The van der Waals surface area contributed by atoms with Crippen LogP contribution in [0.5, 0.6) is 0 Å². The van der Waals surface area contributed by atoms with Crippen LogP contribution in [-0.2, 0) is 11.3 Å². The average molecular weight is 310 g/mol. The summed E-state index contributed by atoms with van der Waals surface area (Å²) in [5.74, 6) is -0.204. The normalized spacial score (nSPS) is 29.0. The SMILES string of the molecule is N[C@@H]1C[C@H](C(=O)NCc2csc(N3CCCC3)n2)C[C@H]1O. The quantitative estimate of drug-likeness (QED) is 0.751. The fourth-order valence-electron chi connectivity index (χ4n) is 3.02. The molecular formula is C14H22N4O2S. The number of aliphatic hydroxyl groups excluding tert-OH is 1. The van der Waals surface area contributed by atoms with Gasteiger partial charge in [-0.05, 0) is 25.7 Å². The first kappa shape index (κ1) is 14.7. The number of aromatic nitrogens is 1. The number of amides is 1. The zero-order chi connectivity index (χ0) is 14.8. The van der Waals surface area contributed by atoms with Gasteiger partial charge in [-0.3, -0.25) is 4.79 Å². The van der Waals surface area contributed by atoms with Gasteiger partial charge < -0.3 is 21.1 Å². The van der Waals surface area contributed by atoms with Gasteiger partial charge >= 0.3 is 0 Å². The molecule has 2 aliphatic rings. The first-order chi connectivity index (χ1) is 10.1. The van der Waals surface area contributed by atoms with E-state index in [1.165, 1.54) is 12.8 Å². The Bertz CT molecular complexity index is 491. The molecule has 0 aromatic carbocycles. The van der Waals surface area contributed by atoms with E-state index in [0.29, 0.717) is 19.4 Å². The van der Waals surface area contributed by atoms with E-state index in [2.05, 4.69) is 15.2 Å². The number of nitrogens with zero attached hydrogens (tertiary/aromatic N) is 2. The van der Waals surface area contributed by atoms with E-state index >= 15 is 0 Å². The molecule has 116 valence electrons. The molecule has 6 nitrogen and oxygen atoms in total. The van der Waals surface area contributed by atoms with Crippen molar-refractivity contribution in [2.75, 3.05) is 18.0 Å². The summed E-state index contributed by atoms with van der Waals surface area (Å²) in [7, 11) is 0. The number of aliphatic hydroxyl groups is 1. The first-order valence-corrected chi connectivity index (χ1v) is 8.42. The molecule has 21 heavy (non-hydrogen) atoms. The van der Waals surface area contributed by atoms with Gasteiger partial charge in [0.25, 0.3) is 0 Å². The number of hydrogen-bond donors (Lipinski definition) is 3. The highest BCUT2D eigenvalue weighted by atomic mass is 32.1. The van der Waals surface area contributed by atoms with Crippen LogP contribution >= 0.6 is 11.3 Å². The first-order valence-electron chi connectivity index (χ1n) is 7.54. The summed E-state index contributed by atoms with van der Waals surface area (Å²) in [6.45, 7) is 2.61. The summed E-state index contributed by atoms with van der Waals surface area (Å²) in [6.07, 6.45) is 2.93. The van der Waals surface area contributed by atoms with Gasteiger partial charge in [0.1, 0.15) is 0 Å². The maximum absolute atomic E-state index is 12.1. The van der Waals surface area contributed by atoms with Crippen molar-refractivity contribution in [3.05, 3.63) is 11.1 Å². The van der Waals surface area contributed by atoms with Gasteiger partial charge in [0.05, 0.1) is 18.3 Å². The molecule has 4 N–H and O–H groups in total. The van der Waals surface area contributed by atoms with Crippen LogP contribution in [0.15, 0.2) is 5.38 Å². The smallest absolute Gasteiger partial charge is 0.223 e. The van der Waals surface area contributed by atoms with Crippen LogP contribution in [0.1, 0.15) is 31.4 Å². The van der Waals surface area contributed by atoms with Crippen molar-refractivity contribution in [2.45, 2.75) is 44.4 Å². The van der Waals surface area contributed by atoms with Gasteiger partial charge in [-0.1, -0.05) is 0 Å². The maximum Gasteiger partial charge on any atom is 0.223 e. The minimum absolute atomic E-state index is 0.0299. The van der Waals surface area contributed by atoms with E-state index in [-0.39, 0.29) is 17.9 Å². The van der Waals surface area contributed by atoms with Gasteiger partial charge in [0.2, 0.25) is 5.91 Å². The third kappa shape index (κ3) is 3.36. The molecule has 3 rings (SSSR count). The van der Waals surface area contributed by atoms with Crippen LogP contribution in [0.25, 0.3) is 0 Å². The molecule has 0 radical (unpaired) electrons. The Morgan fingerprint density at radius 1 is 1.48 bits per heavy atom. The van der Waals surface area contributed by atoms with Crippen molar-refractivity contribution >= 4 is 22.4 Å². The molecule has 1 amide bonds. The Balaban J connectivity index is 1.50. The van der Waals surface area contributed by atoms with Crippen LogP contribution in [0, 0.1) is 5.92 Å². The highest BCUT2D eigenvalue weighted by Crippen LogP contribution is 2.26. The minimum atomic E-state index is -0.554. The summed E-state index contributed by atoms with van der Waals surface area (Å²) >= 11 is 1.64. The Hall–Kier alpha value is -1.18. The number of anilines is 1. The lowest BCUT2D eigenvalue weighted by atomic mass is 10.1. The number of hydrogen-bond acceptors (Lipinski definition) is 6. The standard InChI is InChI=1S/C14H22N4O2S/c15-11-5-9(6-12(11)19)13(20)16-7-10-8-21-14(17-10)18-3-1-2-4-18/h8-9,11-12,19H,1-7,15H2,(H,16,20)/t9-,11+,12+/m0/s1. The van der Waals surface area contributed by atoms with E-state index in [1.807, 2.05) is 5.38 Å². The maximum atomic E-state index is 12.1. The second-order valence-corrected chi connectivity index (χ2v) is 6.77. The molecule has 0 bridgehead atoms. The van der Waals surface area contributed by atoms with Gasteiger partial charge in [0, 0.05) is 30.4 Å². The van der Waals surface area contributed by atoms with Crippen molar-refractivity contribution in [1.29, 1.82) is 0 Å². The Morgan fingerprint density at radius 2 is 2.24 bits per heavy atom. The summed E-state index contributed by atoms with van der Waals surface area (Å²) in [5.41, 5.74) is 6.64. The zero-order valence-electron chi connectivity index (χ0n) is 12.0. The lowest BCUT2D eigenvalue weighted by molar-refractivity contribution is -0.125. The topological polar surface area (TPSA) is 91.5 Å². The summed E-state index contributed by atoms with van der Waals surface area (Å²) < 4.78 is 0. The fraction of sp³-hybridized carbons (Fsp3) is 0.714. The van der Waals surface area contributed by atoms with Gasteiger partial charge in [-0.15, -0.1) is 11.3 Å². The number of carbonyl (C=O) groups is 1. The molecule has 0 unspecified atom stereocenters. The molecule has 1 aromatic rings. The zero-order valence-corrected chi connectivity index (χ0v) is 12.8. The average Bonchev–Trinajstić information content (AvgIpc) is 3.17. The predicted octanol–water partition coefficient (Wildman–Crippen LogP) is 0.458. The van der Waals surface area contributed by atoms with Crippen LogP contribution in [0.3, 0.4) is 0 Å². The molecule has 2 fully saturated rings. The third-order valence-electron chi connectivity index (χ3n) is 4.31. The number of rotatable bonds is 4. The molecule has 1 saturated heterocycles. The third-order valence-corrected chi connectivity index (χ3v) is 5.26. The second kappa shape index (κ2) is 6.29. The van der Waals surface area contributed by atoms with Crippen molar-refractivity contribution in [3.8, 4) is 0 Å². The predicted molar refractivity (Wildman–Crippen MR) is 82.1 cm³/mol. The lowest BCUT2D eigenvalue weighted by Gasteiger charge is -2.12. The molecule has 1 aliphatic heterocycles. The molecule has 1 aromatic heterocycles. The second-order valence-electron chi connectivity index (χ2n) is 5.93. The van der Waals surface area contributed by atoms with Crippen molar-refractivity contribution in [1.82, 2.24) is 10.3 Å². The molecule has 0 spiro atoms. The number of nitrogens with one attached hydrogen (secondary N) is 1. The van der Waals surface area contributed by atoms with E-state index < -0.39 is 6.10 Å². The summed E-state index contributed by atoms with van der Waals surface area (Å²) in [4.78, 5) is 18.9. The molecule has 1 aliphatic carbocycles. The fourth-order valence-corrected chi connectivity index (χ4v) is 3.89. The highest BCUT2D eigenvalue weighted by Gasteiger charge is 2.34. The van der Waals surface area contributed by atoms with Crippen molar-refractivity contribution in [2.24, 2.45) is 11.7 Å². The van der Waals surface area contributed by atoms with Gasteiger partial charge in [-0.2, -0.15) is 0 Å². The highest BCUT2D eigenvalue weighted by molar-refractivity contribution is 7.13. The molecule has 3 atom stereocenters. The van der Waals surface area contributed by atoms with E-state index in [4.69, 9.17) is 5.73 Å². The lowest BCUT2D eigenvalue weighted by Crippen LogP contribution is -2.30. The Labute approximate surface area is 128 Å². The van der Waals surface area contributed by atoms with Gasteiger partial charge in [-0.25, -0.2) is 4.98 Å². The van der Waals surface area contributed by atoms with Crippen molar-refractivity contribution < 1.29 is 9.90 Å². The van der Waals surface area contributed by atoms with Crippen LogP contribution in [0.4, 0.5) is 5.13 Å². The van der Waals surface area contributed by atoms with Crippen LogP contribution < -0.4 is 16.0 Å². The Kier molecular flexibility index (Phi) is 4.42. The van der Waals surface area contributed by atoms with Crippen LogP contribution in [-0.4, -0.2) is 41.2 Å². The number of thiazole rings is 1. The minimum Gasteiger partial charge on any atom is -0.391 e. The molecule has 2 heterocycles. The van der Waals surface area contributed by atoms with E-state index in [1.54, 1.807) is 11.3 Å². The van der Waals surface area contributed by atoms with E-state index in [9.17, 15) is 9.90 Å². The van der Waals surface area contributed by atoms with E-state index in [0.717, 1.165) is 23.9 Å².